The molecule has 0 atom stereocenters. The van der Waals surface area contributed by atoms with Gasteiger partial charge in [-0.15, -0.1) is 0 Å². The van der Waals surface area contributed by atoms with Crippen molar-refractivity contribution in [3.05, 3.63) is 83.8 Å². The fraction of sp³-hybridized carbons (Fsp3) is 0.226. The lowest BCUT2D eigenvalue weighted by Crippen LogP contribution is -2.24. The molecule has 7 rings (SSSR count). The van der Waals surface area contributed by atoms with Crippen LogP contribution in [0.4, 0.5) is 8.78 Å². The number of aromatic amines is 2. The number of imidazole rings is 1. The van der Waals surface area contributed by atoms with Crippen molar-refractivity contribution in [1.82, 2.24) is 35.0 Å². The number of fused-ring (bicyclic) bond motifs is 2. The van der Waals surface area contributed by atoms with E-state index in [1.165, 1.54) is 0 Å². The van der Waals surface area contributed by atoms with Crippen molar-refractivity contribution in [1.29, 1.82) is 0 Å². The maximum atomic E-state index is 13.8. The second-order valence-electron chi connectivity index (χ2n) is 10.7. The predicted octanol–water partition coefficient (Wildman–Crippen LogP) is 6.69. The first kappa shape index (κ1) is 24.5. The van der Waals surface area contributed by atoms with Gasteiger partial charge in [0.2, 0.25) is 0 Å². The molecular formula is C31H27F2N7. The van der Waals surface area contributed by atoms with Crippen LogP contribution in [-0.2, 0) is 6.54 Å². The molecule has 2 N–H and O–H groups in total. The summed E-state index contributed by atoms with van der Waals surface area (Å²) in [6.07, 6.45) is 5.18. The van der Waals surface area contributed by atoms with Crippen LogP contribution in [0.5, 0.6) is 0 Å². The van der Waals surface area contributed by atoms with Gasteiger partial charge < -0.3 is 4.98 Å². The molecule has 1 aliphatic rings. The molecule has 0 radical (unpaired) electrons. The van der Waals surface area contributed by atoms with Crippen LogP contribution < -0.4 is 0 Å². The van der Waals surface area contributed by atoms with Gasteiger partial charge >= 0.3 is 0 Å². The summed E-state index contributed by atoms with van der Waals surface area (Å²) >= 11 is 0. The third kappa shape index (κ3) is 4.42. The highest BCUT2D eigenvalue weighted by Gasteiger charge is 2.37. The van der Waals surface area contributed by atoms with Gasteiger partial charge in [-0.25, -0.2) is 13.8 Å². The first-order valence-corrected chi connectivity index (χ1v) is 13.3. The highest BCUT2D eigenvalue weighted by molar-refractivity contribution is 5.98. The predicted molar refractivity (Wildman–Crippen MR) is 152 cm³/mol. The van der Waals surface area contributed by atoms with Gasteiger partial charge in [-0.2, -0.15) is 5.10 Å². The second kappa shape index (κ2) is 9.31. The van der Waals surface area contributed by atoms with Crippen molar-refractivity contribution in [2.45, 2.75) is 32.7 Å². The van der Waals surface area contributed by atoms with Gasteiger partial charge in [0, 0.05) is 49.1 Å². The molecule has 1 fully saturated rings. The SMILES string of the molecule is Cc1cc(CN2CCC(F)(F)C2)cc(-c2cc(C)c3n[nH]c(-c4nc5c(-c6ccncc6)nccc5[nH]4)c3c2)c1. The van der Waals surface area contributed by atoms with Gasteiger partial charge in [-0.1, -0.05) is 17.7 Å². The standard InChI is InChI=1S/C31H27F2N7/c1-18-11-20(16-40-10-6-31(32,33)17-40)14-22(12-18)23-13-19(2)26-24(15-23)28(39-38-26)30-36-25-5-9-35-27(29(25)37-30)21-3-7-34-8-4-21/h3-5,7-9,11-15H,6,10,16-17H2,1-2H3,(H,36,37)(H,38,39). The molecule has 0 spiro atoms. The minimum absolute atomic E-state index is 0.0767. The number of likely N-dealkylation sites (tertiary alicyclic amines) is 1. The Bertz CT molecular complexity index is 1870. The summed E-state index contributed by atoms with van der Waals surface area (Å²) in [7, 11) is 0. The van der Waals surface area contributed by atoms with Crippen LogP contribution in [0.1, 0.15) is 23.1 Å². The Kier molecular flexibility index (Phi) is 5.71. The number of rotatable bonds is 5. The van der Waals surface area contributed by atoms with Crippen LogP contribution >= 0.6 is 0 Å². The van der Waals surface area contributed by atoms with E-state index in [1.54, 1.807) is 18.6 Å². The van der Waals surface area contributed by atoms with E-state index in [0.29, 0.717) is 18.9 Å². The van der Waals surface area contributed by atoms with Gasteiger partial charge in [-0.05, 0) is 72.5 Å². The normalized spacial score (nSPS) is 15.4. The average molecular weight is 536 g/mol. The van der Waals surface area contributed by atoms with Crippen molar-refractivity contribution in [2.75, 3.05) is 13.1 Å². The molecule has 4 aromatic heterocycles. The molecular weight excluding hydrogens is 508 g/mol. The smallest absolute Gasteiger partial charge is 0.261 e. The Balaban J connectivity index is 1.29. The van der Waals surface area contributed by atoms with Gasteiger partial charge in [0.25, 0.3) is 5.92 Å². The molecule has 0 amide bonds. The Morgan fingerprint density at radius 1 is 0.925 bits per heavy atom. The van der Waals surface area contributed by atoms with Gasteiger partial charge in [0.15, 0.2) is 5.82 Å². The Morgan fingerprint density at radius 2 is 1.75 bits per heavy atom. The number of nitrogens with zero attached hydrogens (tertiary/aromatic N) is 5. The first-order chi connectivity index (χ1) is 19.3. The third-order valence-corrected chi connectivity index (χ3v) is 7.57. The third-order valence-electron chi connectivity index (χ3n) is 7.57. The molecule has 1 saturated heterocycles. The summed E-state index contributed by atoms with van der Waals surface area (Å²) in [5.41, 5.74) is 10.3. The van der Waals surface area contributed by atoms with Crippen LogP contribution in [0.3, 0.4) is 0 Å². The van der Waals surface area contributed by atoms with E-state index in [2.05, 4.69) is 55.5 Å². The molecule has 9 heteroatoms. The van der Waals surface area contributed by atoms with E-state index in [-0.39, 0.29) is 13.0 Å². The van der Waals surface area contributed by atoms with Crippen LogP contribution in [0.2, 0.25) is 0 Å². The Labute approximate surface area is 229 Å². The molecule has 0 aliphatic carbocycles. The van der Waals surface area contributed by atoms with Gasteiger partial charge in [0.1, 0.15) is 11.2 Å². The van der Waals surface area contributed by atoms with Crippen LogP contribution in [0, 0.1) is 13.8 Å². The fourth-order valence-electron chi connectivity index (χ4n) is 5.73. The molecule has 6 aromatic rings. The van der Waals surface area contributed by atoms with E-state index in [0.717, 1.165) is 66.7 Å². The number of aromatic nitrogens is 6. The highest BCUT2D eigenvalue weighted by atomic mass is 19.3. The quantitative estimate of drug-likeness (QED) is 0.257. The summed E-state index contributed by atoms with van der Waals surface area (Å²) in [6, 6.07) is 16.3. The van der Waals surface area contributed by atoms with Crippen molar-refractivity contribution in [3.8, 4) is 33.9 Å². The molecule has 1 aliphatic heterocycles. The van der Waals surface area contributed by atoms with E-state index >= 15 is 0 Å². The summed E-state index contributed by atoms with van der Waals surface area (Å²) in [5.74, 6) is -1.92. The second-order valence-corrected chi connectivity index (χ2v) is 10.7. The van der Waals surface area contributed by atoms with Gasteiger partial charge in [0.05, 0.1) is 23.3 Å². The number of benzene rings is 2. The van der Waals surface area contributed by atoms with Crippen molar-refractivity contribution >= 4 is 21.9 Å². The van der Waals surface area contributed by atoms with E-state index in [9.17, 15) is 8.78 Å². The maximum absolute atomic E-state index is 13.8. The van der Waals surface area contributed by atoms with E-state index in [1.807, 2.05) is 36.9 Å². The zero-order chi connectivity index (χ0) is 27.4. The molecule has 200 valence electrons. The number of hydrogen-bond acceptors (Lipinski definition) is 5. The molecule has 5 heterocycles. The zero-order valence-corrected chi connectivity index (χ0v) is 22.2. The topological polar surface area (TPSA) is 86.4 Å². The highest BCUT2D eigenvalue weighted by Crippen LogP contribution is 2.35. The molecule has 0 unspecified atom stereocenters. The van der Waals surface area contributed by atoms with E-state index < -0.39 is 5.92 Å². The van der Waals surface area contributed by atoms with Gasteiger partial charge in [-0.3, -0.25) is 20.0 Å². The largest absolute Gasteiger partial charge is 0.337 e. The Hall–Kier alpha value is -4.50. The van der Waals surface area contributed by atoms with E-state index in [4.69, 9.17) is 4.98 Å². The first-order valence-electron chi connectivity index (χ1n) is 13.3. The molecule has 7 nitrogen and oxygen atoms in total. The number of nitrogens with one attached hydrogen (secondary N) is 2. The fourth-order valence-corrected chi connectivity index (χ4v) is 5.73. The average Bonchev–Trinajstić information content (AvgIpc) is 3.64. The Morgan fingerprint density at radius 3 is 2.55 bits per heavy atom. The number of aryl methyl sites for hydroxylation is 2. The molecule has 2 aromatic carbocycles. The van der Waals surface area contributed by atoms with Crippen molar-refractivity contribution in [2.24, 2.45) is 0 Å². The maximum Gasteiger partial charge on any atom is 0.261 e. The minimum Gasteiger partial charge on any atom is -0.337 e. The van der Waals surface area contributed by atoms with Crippen molar-refractivity contribution < 1.29 is 8.78 Å². The zero-order valence-electron chi connectivity index (χ0n) is 22.2. The number of hydrogen-bond donors (Lipinski definition) is 2. The van der Waals surface area contributed by atoms with Crippen LogP contribution in [-0.4, -0.2) is 54.0 Å². The molecule has 40 heavy (non-hydrogen) atoms. The number of pyridine rings is 2. The lowest BCUT2D eigenvalue weighted by Gasteiger charge is -2.17. The molecule has 0 saturated carbocycles. The number of halogens is 2. The summed E-state index contributed by atoms with van der Waals surface area (Å²) in [4.78, 5) is 18.9. The monoisotopic (exact) mass is 535 g/mol. The lowest BCUT2D eigenvalue weighted by atomic mass is 9.96. The van der Waals surface area contributed by atoms with Crippen molar-refractivity contribution in [3.63, 3.8) is 0 Å². The number of H-pyrrole nitrogens is 2. The minimum atomic E-state index is -2.60. The van der Waals surface area contributed by atoms with Crippen LogP contribution in [0.25, 0.3) is 55.8 Å². The molecule has 0 bridgehead atoms. The summed E-state index contributed by atoms with van der Waals surface area (Å²) in [6.45, 7) is 4.83. The summed E-state index contributed by atoms with van der Waals surface area (Å²) in [5, 5.41) is 8.76. The summed E-state index contributed by atoms with van der Waals surface area (Å²) < 4.78 is 27.5. The number of alkyl halides is 2. The van der Waals surface area contributed by atoms with Crippen LogP contribution in [0.15, 0.2) is 67.1 Å². The lowest BCUT2D eigenvalue weighted by molar-refractivity contribution is 0.0115.